The Labute approximate surface area is 101 Å². The molecule has 1 aromatic heterocycles. The molecule has 2 unspecified atom stereocenters. The van der Waals surface area contributed by atoms with Gasteiger partial charge in [0.1, 0.15) is 10.8 Å². The summed E-state index contributed by atoms with van der Waals surface area (Å²) in [5.41, 5.74) is 7.36. The SMILES string of the molecule is CC1CC(C)N(c2snc(N)c2C2CC2)C1. The van der Waals surface area contributed by atoms with Crippen molar-refractivity contribution in [2.24, 2.45) is 5.92 Å². The van der Waals surface area contributed by atoms with Gasteiger partial charge in [-0.05, 0) is 49.6 Å². The molecule has 2 N–H and O–H groups in total. The molecule has 1 aliphatic carbocycles. The molecule has 2 heterocycles. The van der Waals surface area contributed by atoms with E-state index in [0.717, 1.165) is 11.7 Å². The number of hydrogen-bond acceptors (Lipinski definition) is 4. The molecule has 0 aromatic carbocycles. The maximum Gasteiger partial charge on any atom is 0.142 e. The van der Waals surface area contributed by atoms with Crippen molar-refractivity contribution in [3.63, 3.8) is 0 Å². The first-order chi connectivity index (χ1) is 7.66. The van der Waals surface area contributed by atoms with Gasteiger partial charge in [0.25, 0.3) is 0 Å². The van der Waals surface area contributed by atoms with E-state index >= 15 is 0 Å². The highest BCUT2D eigenvalue weighted by Gasteiger charge is 2.35. The van der Waals surface area contributed by atoms with E-state index in [-0.39, 0.29) is 0 Å². The smallest absolute Gasteiger partial charge is 0.142 e. The first-order valence-electron chi connectivity index (χ1n) is 6.18. The Kier molecular flexibility index (Phi) is 2.35. The van der Waals surface area contributed by atoms with Crippen LogP contribution in [0.5, 0.6) is 0 Å². The minimum absolute atomic E-state index is 0.646. The van der Waals surface area contributed by atoms with Crippen molar-refractivity contribution in [1.82, 2.24) is 4.37 Å². The Hall–Kier alpha value is -0.770. The number of hydrogen-bond donors (Lipinski definition) is 1. The van der Waals surface area contributed by atoms with Crippen LogP contribution in [-0.4, -0.2) is 17.0 Å². The van der Waals surface area contributed by atoms with Crippen LogP contribution in [0.15, 0.2) is 0 Å². The first kappa shape index (κ1) is 10.4. The molecule has 16 heavy (non-hydrogen) atoms. The van der Waals surface area contributed by atoms with Crippen LogP contribution in [0.1, 0.15) is 44.6 Å². The van der Waals surface area contributed by atoms with Crippen LogP contribution in [0, 0.1) is 5.92 Å². The standard InChI is InChI=1S/C12H19N3S/c1-7-5-8(2)15(6-7)12-10(9-3-4-9)11(13)14-16-12/h7-9H,3-6H2,1-2H3,(H2,13,14). The summed E-state index contributed by atoms with van der Waals surface area (Å²) in [6, 6.07) is 0.646. The van der Waals surface area contributed by atoms with Crippen LogP contribution in [0.25, 0.3) is 0 Å². The Morgan fingerprint density at radius 3 is 2.69 bits per heavy atom. The van der Waals surface area contributed by atoms with Crippen molar-refractivity contribution in [2.45, 2.75) is 45.1 Å². The quantitative estimate of drug-likeness (QED) is 0.860. The fourth-order valence-electron chi connectivity index (χ4n) is 2.85. The van der Waals surface area contributed by atoms with Gasteiger partial charge in [0.15, 0.2) is 0 Å². The molecule has 4 heteroatoms. The van der Waals surface area contributed by atoms with Gasteiger partial charge in [0, 0.05) is 18.2 Å². The monoisotopic (exact) mass is 237 g/mol. The predicted molar refractivity (Wildman–Crippen MR) is 69.1 cm³/mol. The summed E-state index contributed by atoms with van der Waals surface area (Å²) >= 11 is 1.60. The van der Waals surface area contributed by atoms with Crippen LogP contribution in [-0.2, 0) is 0 Å². The second-order valence-corrected chi connectivity index (χ2v) is 6.16. The number of rotatable bonds is 2. The molecule has 1 saturated carbocycles. The lowest BCUT2D eigenvalue weighted by Gasteiger charge is -2.23. The fraction of sp³-hybridized carbons (Fsp3) is 0.750. The van der Waals surface area contributed by atoms with E-state index in [1.807, 2.05) is 0 Å². The van der Waals surface area contributed by atoms with Crippen LogP contribution in [0.4, 0.5) is 10.8 Å². The van der Waals surface area contributed by atoms with E-state index in [4.69, 9.17) is 5.73 Å². The number of anilines is 2. The highest BCUT2D eigenvalue weighted by atomic mass is 32.1. The average molecular weight is 237 g/mol. The molecular weight excluding hydrogens is 218 g/mol. The van der Waals surface area contributed by atoms with Crippen molar-refractivity contribution in [3.8, 4) is 0 Å². The lowest BCUT2D eigenvalue weighted by Crippen LogP contribution is -2.26. The van der Waals surface area contributed by atoms with Gasteiger partial charge in [-0.2, -0.15) is 4.37 Å². The van der Waals surface area contributed by atoms with Gasteiger partial charge in [-0.25, -0.2) is 0 Å². The first-order valence-corrected chi connectivity index (χ1v) is 6.96. The Morgan fingerprint density at radius 1 is 1.38 bits per heavy atom. The van der Waals surface area contributed by atoms with Crippen LogP contribution in [0.3, 0.4) is 0 Å². The molecule has 2 aliphatic rings. The van der Waals surface area contributed by atoms with E-state index in [1.165, 1.54) is 36.4 Å². The molecule has 3 nitrogen and oxygen atoms in total. The van der Waals surface area contributed by atoms with Gasteiger partial charge in [0.05, 0.1) is 0 Å². The molecule has 0 amide bonds. The molecule has 2 fully saturated rings. The third kappa shape index (κ3) is 1.59. The maximum absolute atomic E-state index is 6.00. The number of nitrogens with two attached hydrogens (primary N) is 1. The Bertz CT molecular complexity index is 397. The second-order valence-electron chi connectivity index (χ2n) is 5.40. The van der Waals surface area contributed by atoms with E-state index < -0.39 is 0 Å². The van der Waals surface area contributed by atoms with Crippen molar-refractivity contribution in [3.05, 3.63) is 5.56 Å². The van der Waals surface area contributed by atoms with E-state index in [0.29, 0.717) is 12.0 Å². The van der Waals surface area contributed by atoms with Crippen molar-refractivity contribution >= 4 is 22.4 Å². The largest absolute Gasteiger partial charge is 0.383 e. The molecule has 1 aliphatic heterocycles. The minimum Gasteiger partial charge on any atom is -0.383 e. The number of nitrogens with zero attached hydrogens (tertiary/aromatic N) is 2. The summed E-state index contributed by atoms with van der Waals surface area (Å²) in [5, 5.41) is 1.36. The molecule has 0 radical (unpaired) electrons. The molecule has 0 bridgehead atoms. The number of aromatic nitrogens is 1. The summed E-state index contributed by atoms with van der Waals surface area (Å²) in [6.07, 6.45) is 3.89. The molecule has 1 aromatic rings. The van der Waals surface area contributed by atoms with Crippen LogP contribution < -0.4 is 10.6 Å². The van der Waals surface area contributed by atoms with E-state index in [9.17, 15) is 0 Å². The minimum atomic E-state index is 0.646. The normalized spacial score (nSPS) is 30.0. The summed E-state index contributed by atoms with van der Waals surface area (Å²) in [5.74, 6) is 2.29. The average Bonchev–Trinajstić information content (AvgIpc) is 2.91. The third-order valence-electron chi connectivity index (χ3n) is 3.77. The van der Waals surface area contributed by atoms with Gasteiger partial charge in [-0.3, -0.25) is 0 Å². The van der Waals surface area contributed by atoms with Gasteiger partial charge >= 0.3 is 0 Å². The lowest BCUT2D eigenvalue weighted by molar-refractivity contribution is 0.625. The van der Waals surface area contributed by atoms with Crippen molar-refractivity contribution in [2.75, 3.05) is 17.2 Å². The van der Waals surface area contributed by atoms with E-state index in [1.54, 1.807) is 11.5 Å². The highest BCUT2D eigenvalue weighted by Crippen LogP contribution is 2.50. The summed E-state index contributed by atoms with van der Waals surface area (Å²) < 4.78 is 4.36. The molecule has 1 saturated heterocycles. The third-order valence-corrected chi connectivity index (χ3v) is 4.68. The molecule has 88 valence electrons. The van der Waals surface area contributed by atoms with Crippen LogP contribution >= 0.6 is 11.5 Å². The molecule has 0 spiro atoms. The molecular formula is C12H19N3S. The Balaban J connectivity index is 1.93. The van der Waals surface area contributed by atoms with Gasteiger partial charge in [0.2, 0.25) is 0 Å². The zero-order valence-corrected chi connectivity index (χ0v) is 10.8. The summed E-state index contributed by atoms with van der Waals surface area (Å²) in [6.45, 7) is 5.82. The molecule has 3 rings (SSSR count). The van der Waals surface area contributed by atoms with E-state index in [2.05, 4.69) is 23.1 Å². The lowest BCUT2D eigenvalue weighted by atomic mass is 10.1. The van der Waals surface area contributed by atoms with Gasteiger partial charge in [-0.1, -0.05) is 6.92 Å². The summed E-state index contributed by atoms with van der Waals surface area (Å²) in [7, 11) is 0. The van der Waals surface area contributed by atoms with Crippen LogP contribution in [0.2, 0.25) is 0 Å². The highest BCUT2D eigenvalue weighted by molar-refractivity contribution is 7.10. The maximum atomic E-state index is 6.00. The van der Waals surface area contributed by atoms with Crippen molar-refractivity contribution < 1.29 is 0 Å². The summed E-state index contributed by atoms with van der Waals surface area (Å²) in [4.78, 5) is 2.52. The fourth-order valence-corrected chi connectivity index (χ4v) is 3.86. The zero-order chi connectivity index (χ0) is 11.3. The molecule has 2 atom stereocenters. The zero-order valence-electron chi connectivity index (χ0n) is 9.94. The predicted octanol–water partition coefficient (Wildman–Crippen LogP) is 2.84. The van der Waals surface area contributed by atoms with Crippen molar-refractivity contribution in [1.29, 1.82) is 0 Å². The number of nitrogen functional groups attached to an aromatic ring is 1. The topological polar surface area (TPSA) is 42.2 Å². The Morgan fingerprint density at radius 2 is 2.12 bits per heavy atom. The van der Waals surface area contributed by atoms with Gasteiger partial charge < -0.3 is 10.6 Å². The van der Waals surface area contributed by atoms with Gasteiger partial charge in [-0.15, -0.1) is 0 Å². The second kappa shape index (κ2) is 3.62.